The fourth-order valence-electron chi connectivity index (χ4n) is 2.34. The fraction of sp³-hybridized carbons (Fsp3) is 0.250. The van der Waals surface area contributed by atoms with E-state index in [-0.39, 0.29) is 17.7 Å². The highest BCUT2D eigenvalue weighted by Crippen LogP contribution is 2.30. The molecule has 0 radical (unpaired) electrons. The fourth-order valence-corrected chi connectivity index (χ4v) is 3.73. The molecule has 0 fully saturated rings. The predicted molar refractivity (Wildman–Crippen MR) is 86.7 cm³/mol. The molecule has 2 aromatic heterocycles. The molecule has 0 saturated heterocycles. The Morgan fingerprint density at radius 3 is 2.54 bits per heavy atom. The van der Waals surface area contributed by atoms with Gasteiger partial charge >= 0.3 is 0 Å². The standard InChI is InChI=1S/C16H17N3O4S/c1-11(24(21,22)16-18-8-13(10-20)19(16)2)15-17-9-14(23-15)12-6-4-3-5-7-12/h3-9,11,20H,10H2,1-2H3. The summed E-state index contributed by atoms with van der Waals surface area (Å²) in [4.78, 5) is 8.02. The lowest BCUT2D eigenvalue weighted by Crippen LogP contribution is -2.16. The summed E-state index contributed by atoms with van der Waals surface area (Å²) < 4.78 is 32.5. The Morgan fingerprint density at radius 2 is 1.92 bits per heavy atom. The lowest BCUT2D eigenvalue weighted by atomic mass is 10.2. The van der Waals surface area contributed by atoms with E-state index in [1.807, 2.05) is 30.3 Å². The molecule has 0 aliphatic rings. The summed E-state index contributed by atoms with van der Waals surface area (Å²) in [6.45, 7) is 1.22. The van der Waals surface area contributed by atoms with Crippen LogP contribution < -0.4 is 0 Å². The van der Waals surface area contributed by atoms with Crippen molar-refractivity contribution >= 4 is 9.84 Å². The highest BCUT2D eigenvalue weighted by Gasteiger charge is 2.33. The minimum atomic E-state index is -3.80. The Labute approximate surface area is 139 Å². The third-order valence-corrected chi connectivity index (χ3v) is 5.87. The largest absolute Gasteiger partial charge is 0.439 e. The average molecular weight is 347 g/mol. The molecule has 0 amide bonds. The second kappa shape index (κ2) is 6.21. The van der Waals surface area contributed by atoms with Gasteiger partial charge in [0, 0.05) is 12.6 Å². The SMILES string of the molecule is CC(c1ncc(-c2ccccc2)o1)S(=O)(=O)c1ncc(CO)n1C. The van der Waals surface area contributed by atoms with E-state index in [1.54, 1.807) is 7.05 Å². The zero-order valence-electron chi connectivity index (χ0n) is 13.2. The van der Waals surface area contributed by atoms with Gasteiger partial charge < -0.3 is 14.1 Å². The third kappa shape index (κ3) is 2.74. The van der Waals surface area contributed by atoms with Crippen LogP contribution in [0.15, 0.2) is 52.3 Å². The topological polar surface area (TPSA) is 98.2 Å². The number of imidazole rings is 1. The monoisotopic (exact) mass is 347 g/mol. The van der Waals surface area contributed by atoms with Gasteiger partial charge in [-0.15, -0.1) is 0 Å². The Balaban J connectivity index is 1.95. The van der Waals surface area contributed by atoms with E-state index < -0.39 is 15.1 Å². The lowest BCUT2D eigenvalue weighted by Gasteiger charge is -2.10. The Bertz CT molecular complexity index is 945. The molecule has 1 aromatic carbocycles. The maximum Gasteiger partial charge on any atom is 0.228 e. The van der Waals surface area contributed by atoms with Crippen LogP contribution in [-0.2, 0) is 23.5 Å². The number of benzene rings is 1. The minimum absolute atomic E-state index is 0.0994. The van der Waals surface area contributed by atoms with E-state index in [9.17, 15) is 13.5 Å². The van der Waals surface area contributed by atoms with Crippen molar-refractivity contribution in [1.29, 1.82) is 0 Å². The first-order valence-corrected chi connectivity index (χ1v) is 8.86. The van der Waals surface area contributed by atoms with Gasteiger partial charge in [-0.3, -0.25) is 0 Å². The van der Waals surface area contributed by atoms with Crippen molar-refractivity contribution in [1.82, 2.24) is 14.5 Å². The maximum atomic E-state index is 12.8. The van der Waals surface area contributed by atoms with Crippen LogP contribution in [-0.4, -0.2) is 28.1 Å². The van der Waals surface area contributed by atoms with Gasteiger partial charge in [-0.25, -0.2) is 18.4 Å². The predicted octanol–water partition coefficient (Wildman–Crippen LogP) is 2.10. The molecule has 1 atom stereocenters. The van der Waals surface area contributed by atoms with Gasteiger partial charge in [0.1, 0.15) is 5.25 Å². The third-order valence-electron chi connectivity index (χ3n) is 3.85. The van der Waals surface area contributed by atoms with E-state index in [1.165, 1.54) is 23.9 Å². The summed E-state index contributed by atoms with van der Waals surface area (Å²) in [6, 6.07) is 9.32. The number of aromatic nitrogens is 3. The van der Waals surface area contributed by atoms with Crippen molar-refractivity contribution in [3.8, 4) is 11.3 Å². The number of hydrogen-bond acceptors (Lipinski definition) is 6. The molecule has 2 heterocycles. The molecule has 126 valence electrons. The van der Waals surface area contributed by atoms with Crippen LogP contribution in [0.3, 0.4) is 0 Å². The number of aliphatic hydroxyl groups excluding tert-OH is 1. The van der Waals surface area contributed by atoms with E-state index >= 15 is 0 Å². The van der Waals surface area contributed by atoms with Crippen LogP contribution in [0.4, 0.5) is 0 Å². The summed E-state index contributed by atoms with van der Waals surface area (Å²) in [7, 11) is -2.25. The van der Waals surface area contributed by atoms with Crippen LogP contribution in [0.2, 0.25) is 0 Å². The summed E-state index contributed by atoms with van der Waals surface area (Å²) in [5.41, 5.74) is 1.23. The Kier molecular flexibility index (Phi) is 4.25. The van der Waals surface area contributed by atoms with Crippen molar-refractivity contribution in [2.45, 2.75) is 23.9 Å². The first kappa shape index (κ1) is 16.4. The number of oxazole rings is 1. The molecule has 1 N–H and O–H groups in total. The first-order chi connectivity index (χ1) is 11.4. The number of hydrogen-bond donors (Lipinski definition) is 1. The molecule has 24 heavy (non-hydrogen) atoms. The molecular weight excluding hydrogens is 330 g/mol. The minimum Gasteiger partial charge on any atom is -0.439 e. The molecule has 0 spiro atoms. The molecule has 3 aromatic rings. The average Bonchev–Trinajstić information content (AvgIpc) is 3.21. The molecule has 7 nitrogen and oxygen atoms in total. The molecule has 3 rings (SSSR count). The summed E-state index contributed by atoms with van der Waals surface area (Å²) in [5, 5.41) is 8.07. The normalized spacial score (nSPS) is 13.1. The lowest BCUT2D eigenvalue weighted by molar-refractivity contribution is 0.271. The second-order valence-corrected chi connectivity index (χ2v) is 7.53. The number of nitrogens with zero attached hydrogens (tertiary/aromatic N) is 3. The van der Waals surface area contributed by atoms with Gasteiger partial charge in [0.2, 0.25) is 20.9 Å². The molecular formula is C16H17N3O4S. The van der Waals surface area contributed by atoms with Crippen LogP contribution >= 0.6 is 0 Å². The van der Waals surface area contributed by atoms with Crippen molar-refractivity contribution in [3.05, 3.63) is 54.3 Å². The zero-order chi connectivity index (χ0) is 17.3. The number of sulfone groups is 1. The van der Waals surface area contributed by atoms with Crippen molar-refractivity contribution in [2.24, 2.45) is 7.05 Å². The van der Waals surface area contributed by atoms with Gasteiger partial charge in [-0.05, 0) is 6.92 Å². The van der Waals surface area contributed by atoms with Gasteiger partial charge in [0.15, 0.2) is 5.76 Å². The van der Waals surface area contributed by atoms with E-state index in [2.05, 4.69) is 9.97 Å². The first-order valence-electron chi connectivity index (χ1n) is 7.31. The van der Waals surface area contributed by atoms with E-state index in [0.717, 1.165) is 5.56 Å². The molecule has 0 aliphatic carbocycles. The van der Waals surface area contributed by atoms with Crippen LogP contribution in [0.5, 0.6) is 0 Å². The van der Waals surface area contributed by atoms with Gasteiger partial charge in [0.25, 0.3) is 0 Å². The number of rotatable bonds is 5. The Hall–Kier alpha value is -2.45. The maximum absolute atomic E-state index is 12.8. The van der Waals surface area contributed by atoms with E-state index in [4.69, 9.17) is 4.42 Å². The molecule has 0 saturated carbocycles. The van der Waals surface area contributed by atoms with E-state index in [0.29, 0.717) is 11.5 Å². The van der Waals surface area contributed by atoms with Crippen molar-refractivity contribution < 1.29 is 17.9 Å². The van der Waals surface area contributed by atoms with Gasteiger partial charge in [-0.2, -0.15) is 0 Å². The highest BCUT2D eigenvalue weighted by molar-refractivity contribution is 7.91. The molecule has 8 heteroatoms. The van der Waals surface area contributed by atoms with Gasteiger partial charge in [-0.1, -0.05) is 30.3 Å². The summed E-state index contributed by atoms with van der Waals surface area (Å²) in [5.74, 6) is 0.603. The van der Waals surface area contributed by atoms with Crippen LogP contribution in [0.1, 0.15) is 23.8 Å². The Morgan fingerprint density at radius 1 is 1.21 bits per heavy atom. The molecule has 0 bridgehead atoms. The zero-order valence-corrected chi connectivity index (χ0v) is 14.1. The molecule has 1 unspecified atom stereocenters. The highest BCUT2D eigenvalue weighted by atomic mass is 32.2. The quantitative estimate of drug-likeness (QED) is 0.759. The van der Waals surface area contributed by atoms with Crippen LogP contribution in [0, 0.1) is 0 Å². The molecule has 0 aliphatic heterocycles. The smallest absolute Gasteiger partial charge is 0.228 e. The van der Waals surface area contributed by atoms with Crippen molar-refractivity contribution in [3.63, 3.8) is 0 Å². The number of aliphatic hydroxyl groups is 1. The van der Waals surface area contributed by atoms with Crippen molar-refractivity contribution in [2.75, 3.05) is 0 Å². The summed E-state index contributed by atoms with van der Waals surface area (Å²) >= 11 is 0. The van der Waals surface area contributed by atoms with Crippen LogP contribution in [0.25, 0.3) is 11.3 Å². The van der Waals surface area contributed by atoms with Gasteiger partial charge in [0.05, 0.1) is 24.7 Å². The second-order valence-electron chi connectivity index (χ2n) is 5.37. The summed E-state index contributed by atoms with van der Waals surface area (Å²) in [6.07, 6.45) is 2.85.